The van der Waals surface area contributed by atoms with Crippen molar-refractivity contribution in [3.05, 3.63) is 0 Å². The Labute approximate surface area is 77.2 Å². The molecule has 2 nitrogen and oxygen atoms in total. The molecule has 0 aromatic rings. The van der Waals surface area contributed by atoms with E-state index in [4.69, 9.17) is 0 Å². The Hall–Kier alpha value is -0.370. The fraction of sp³-hybridized carbons (Fsp3) is 0.900. The van der Waals surface area contributed by atoms with E-state index >= 15 is 0 Å². The smallest absolute Gasteiger partial charge is 0.135 e. The monoisotopic (exact) mass is 173 g/mol. The van der Waals surface area contributed by atoms with Crippen molar-refractivity contribution in [3.8, 4) is 0 Å². The van der Waals surface area contributed by atoms with E-state index in [0.29, 0.717) is 11.8 Å². The molecule has 0 rings (SSSR count). The number of Topliss-reactive ketones (excluding diaryl/α,β-unsaturated/α-hetero) is 1. The summed E-state index contributed by atoms with van der Waals surface area (Å²) in [6, 6.07) is 0.527. The number of ketones is 1. The van der Waals surface area contributed by atoms with Gasteiger partial charge in [0.15, 0.2) is 0 Å². The predicted octanol–water partition coefficient (Wildman–Crippen LogP) is 2.24. The van der Waals surface area contributed by atoms with E-state index in [1.54, 1.807) is 0 Å². The minimum Gasteiger partial charge on any atom is -0.315 e. The Morgan fingerprint density at radius 3 is 2.33 bits per heavy atom. The summed E-state index contributed by atoms with van der Waals surface area (Å²) < 4.78 is 0. The lowest BCUT2D eigenvalue weighted by atomic mass is 10.0. The molecule has 0 aliphatic heterocycles. The van der Waals surface area contributed by atoms with Crippen LogP contribution in [0.15, 0.2) is 0 Å². The molecule has 0 bridgehead atoms. The lowest BCUT2D eigenvalue weighted by Gasteiger charge is -2.07. The van der Waals surface area contributed by atoms with Gasteiger partial charge >= 0.3 is 0 Å². The minimum atomic E-state index is 0. The van der Waals surface area contributed by atoms with Gasteiger partial charge in [0.1, 0.15) is 5.78 Å². The van der Waals surface area contributed by atoms with Gasteiger partial charge in [-0.3, -0.25) is 4.79 Å². The molecule has 0 unspecified atom stereocenters. The van der Waals surface area contributed by atoms with Crippen molar-refractivity contribution in [1.29, 1.82) is 0 Å². The molecule has 0 atom stereocenters. The summed E-state index contributed by atoms with van der Waals surface area (Å²) in [5.41, 5.74) is 0. The number of hydrogen-bond donors (Lipinski definition) is 1. The lowest BCUT2D eigenvalue weighted by molar-refractivity contribution is -0.121. The molecule has 1 N–H and O–H groups in total. The second kappa shape index (κ2) is 6.18. The summed E-state index contributed by atoms with van der Waals surface area (Å²) in [7, 11) is 0. The highest BCUT2D eigenvalue weighted by Crippen LogP contribution is 2.00. The van der Waals surface area contributed by atoms with Crippen LogP contribution in [-0.2, 0) is 4.79 Å². The third-order valence-electron chi connectivity index (χ3n) is 1.80. The zero-order chi connectivity index (χ0) is 9.56. The Morgan fingerprint density at radius 1 is 1.33 bits per heavy atom. The Kier molecular flexibility index (Phi) is 5.99. The van der Waals surface area contributed by atoms with Gasteiger partial charge in [-0.2, -0.15) is 0 Å². The van der Waals surface area contributed by atoms with Crippen LogP contribution in [0, 0.1) is 5.92 Å². The molecule has 0 saturated heterocycles. The van der Waals surface area contributed by atoms with Gasteiger partial charge in [0.05, 0.1) is 0 Å². The van der Waals surface area contributed by atoms with E-state index in [2.05, 4.69) is 19.2 Å². The van der Waals surface area contributed by atoms with Crippen molar-refractivity contribution >= 4 is 5.78 Å². The quantitative estimate of drug-likeness (QED) is 0.624. The van der Waals surface area contributed by atoms with Crippen LogP contribution >= 0.6 is 0 Å². The SMILES string of the molecule is CC(C)NCCCC(=O)C(C)C.[HH]. The maximum atomic E-state index is 11.2. The fourth-order valence-electron chi connectivity index (χ4n) is 0.942. The molecule has 74 valence electrons. The minimum absolute atomic E-state index is 0. The van der Waals surface area contributed by atoms with E-state index < -0.39 is 0 Å². The summed E-state index contributed by atoms with van der Waals surface area (Å²) in [6.45, 7) is 9.10. The van der Waals surface area contributed by atoms with Crippen LogP contribution in [0.2, 0.25) is 0 Å². The van der Waals surface area contributed by atoms with Crippen LogP contribution in [0.5, 0.6) is 0 Å². The van der Waals surface area contributed by atoms with E-state index in [-0.39, 0.29) is 7.34 Å². The average molecular weight is 173 g/mol. The normalized spacial score (nSPS) is 11.2. The van der Waals surface area contributed by atoms with Crippen LogP contribution in [0.4, 0.5) is 0 Å². The van der Waals surface area contributed by atoms with Crippen LogP contribution < -0.4 is 5.32 Å². The highest BCUT2D eigenvalue weighted by atomic mass is 16.1. The summed E-state index contributed by atoms with van der Waals surface area (Å²) in [6.07, 6.45) is 1.69. The molecule has 2 heteroatoms. The van der Waals surface area contributed by atoms with Crippen LogP contribution in [0.3, 0.4) is 0 Å². The summed E-state index contributed by atoms with van der Waals surface area (Å²) in [5.74, 6) is 0.574. The van der Waals surface area contributed by atoms with Crippen LogP contribution in [0.25, 0.3) is 0 Å². The Balaban J connectivity index is 0. The summed E-state index contributed by atoms with van der Waals surface area (Å²) >= 11 is 0. The van der Waals surface area contributed by atoms with Gasteiger partial charge in [0.2, 0.25) is 0 Å². The zero-order valence-corrected chi connectivity index (χ0v) is 8.68. The molecule has 0 amide bonds. The Morgan fingerprint density at radius 2 is 1.92 bits per heavy atom. The molecule has 0 fully saturated rings. The third-order valence-corrected chi connectivity index (χ3v) is 1.80. The molecule has 0 radical (unpaired) electrons. The van der Waals surface area contributed by atoms with Gasteiger partial charge < -0.3 is 5.32 Å². The van der Waals surface area contributed by atoms with Gasteiger partial charge in [-0.1, -0.05) is 27.7 Å². The van der Waals surface area contributed by atoms with Crippen molar-refractivity contribution in [2.75, 3.05) is 6.54 Å². The molecular weight excluding hydrogens is 150 g/mol. The van der Waals surface area contributed by atoms with Crippen LogP contribution in [0.1, 0.15) is 42.0 Å². The first-order valence-electron chi connectivity index (χ1n) is 4.80. The number of nitrogens with one attached hydrogen (secondary N) is 1. The van der Waals surface area contributed by atoms with Gasteiger partial charge in [0, 0.05) is 19.8 Å². The van der Waals surface area contributed by atoms with E-state index in [0.717, 1.165) is 19.4 Å². The van der Waals surface area contributed by atoms with Crippen molar-refractivity contribution in [2.24, 2.45) is 5.92 Å². The molecule has 12 heavy (non-hydrogen) atoms. The van der Waals surface area contributed by atoms with Gasteiger partial charge in [-0.25, -0.2) is 0 Å². The predicted molar refractivity (Wildman–Crippen MR) is 54.3 cm³/mol. The molecular formula is C10H23NO. The van der Waals surface area contributed by atoms with E-state index in [1.807, 2.05) is 13.8 Å². The van der Waals surface area contributed by atoms with Crippen molar-refractivity contribution in [3.63, 3.8) is 0 Å². The fourth-order valence-corrected chi connectivity index (χ4v) is 0.942. The molecule has 0 spiro atoms. The highest BCUT2D eigenvalue weighted by molar-refractivity contribution is 5.80. The van der Waals surface area contributed by atoms with Gasteiger partial charge in [0.25, 0.3) is 0 Å². The van der Waals surface area contributed by atoms with E-state index in [1.165, 1.54) is 0 Å². The second-order valence-corrected chi connectivity index (χ2v) is 3.83. The molecule has 0 aromatic heterocycles. The highest BCUT2D eigenvalue weighted by Gasteiger charge is 2.05. The van der Waals surface area contributed by atoms with Crippen molar-refractivity contribution in [2.45, 2.75) is 46.6 Å². The first-order chi connectivity index (χ1) is 5.54. The topological polar surface area (TPSA) is 29.1 Å². The lowest BCUT2D eigenvalue weighted by Crippen LogP contribution is -2.24. The summed E-state index contributed by atoms with van der Waals surface area (Å²) in [5, 5.41) is 3.29. The molecule has 0 heterocycles. The number of hydrogen-bond acceptors (Lipinski definition) is 2. The van der Waals surface area contributed by atoms with E-state index in [9.17, 15) is 4.79 Å². The molecule has 0 aromatic carbocycles. The summed E-state index contributed by atoms with van der Waals surface area (Å²) in [4.78, 5) is 11.2. The first-order valence-corrected chi connectivity index (χ1v) is 4.80. The van der Waals surface area contributed by atoms with Gasteiger partial charge in [-0.15, -0.1) is 0 Å². The average Bonchev–Trinajstić information content (AvgIpc) is 1.97. The third kappa shape index (κ3) is 6.35. The number of carbonyl (C=O) groups is 1. The van der Waals surface area contributed by atoms with Gasteiger partial charge in [-0.05, 0) is 13.0 Å². The Bertz CT molecular complexity index is 135. The zero-order valence-electron chi connectivity index (χ0n) is 8.68. The number of carbonyl (C=O) groups excluding carboxylic acids is 1. The number of rotatable bonds is 6. The second-order valence-electron chi connectivity index (χ2n) is 3.83. The first kappa shape index (κ1) is 11.6. The van der Waals surface area contributed by atoms with Crippen LogP contribution in [-0.4, -0.2) is 18.4 Å². The maximum absolute atomic E-state index is 11.2. The standard InChI is InChI=1S/C10H21NO.H2/c1-8(2)10(12)6-5-7-11-9(3)4;/h8-9,11H,5-7H2,1-4H3;1H. The van der Waals surface area contributed by atoms with Crippen molar-refractivity contribution < 1.29 is 6.22 Å². The molecule has 0 aliphatic carbocycles. The van der Waals surface area contributed by atoms with Crippen molar-refractivity contribution in [1.82, 2.24) is 5.32 Å². The largest absolute Gasteiger partial charge is 0.315 e. The maximum Gasteiger partial charge on any atom is 0.135 e. The molecule has 0 aliphatic rings. The molecule has 0 saturated carbocycles.